The number of amides is 2. The molecule has 0 atom stereocenters. The van der Waals surface area contributed by atoms with Crippen molar-refractivity contribution in [1.82, 2.24) is 9.38 Å². The lowest BCUT2D eigenvalue weighted by Gasteiger charge is -2.13. The average Bonchev–Trinajstić information content (AvgIpc) is 2.84. The molecule has 172 valence electrons. The Labute approximate surface area is 195 Å². The third-order valence-corrected chi connectivity index (χ3v) is 5.03. The van der Waals surface area contributed by atoms with E-state index in [1.807, 2.05) is 6.92 Å². The van der Waals surface area contributed by atoms with E-state index in [1.165, 1.54) is 17.6 Å². The van der Waals surface area contributed by atoms with Crippen LogP contribution in [0.3, 0.4) is 0 Å². The number of aryl methyl sites for hydroxylation is 1. The summed E-state index contributed by atoms with van der Waals surface area (Å²) in [6.07, 6.45) is 1.66. The van der Waals surface area contributed by atoms with E-state index in [2.05, 4.69) is 15.6 Å². The number of carbonyl (C=O) groups excluding carboxylic acids is 2. The molecular formula is C25H22N4O5. The van der Waals surface area contributed by atoms with Gasteiger partial charge in [-0.2, -0.15) is 0 Å². The molecule has 4 aromatic rings. The van der Waals surface area contributed by atoms with Crippen molar-refractivity contribution in [2.75, 3.05) is 17.7 Å². The molecule has 2 heterocycles. The van der Waals surface area contributed by atoms with E-state index in [9.17, 15) is 14.4 Å². The molecule has 9 nitrogen and oxygen atoms in total. The van der Waals surface area contributed by atoms with Crippen molar-refractivity contribution in [2.45, 2.75) is 13.5 Å². The molecule has 2 aromatic carbocycles. The number of methoxy groups -OCH3 is 1. The van der Waals surface area contributed by atoms with Crippen molar-refractivity contribution in [3.8, 4) is 5.75 Å². The van der Waals surface area contributed by atoms with Crippen LogP contribution in [0.2, 0.25) is 0 Å². The predicted molar refractivity (Wildman–Crippen MR) is 127 cm³/mol. The summed E-state index contributed by atoms with van der Waals surface area (Å²) in [6, 6.07) is 18.0. The molecule has 4 rings (SSSR count). The Kier molecular flexibility index (Phi) is 6.54. The molecule has 9 heteroatoms. The molecule has 0 spiro atoms. The van der Waals surface area contributed by atoms with Gasteiger partial charge in [0.2, 0.25) is 0 Å². The summed E-state index contributed by atoms with van der Waals surface area (Å²) in [5, 5.41) is 5.37. The fourth-order valence-corrected chi connectivity index (χ4v) is 3.33. The molecule has 0 radical (unpaired) electrons. The van der Waals surface area contributed by atoms with E-state index in [1.54, 1.807) is 66.9 Å². The van der Waals surface area contributed by atoms with Crippen LogP contribution in [0, 0.1) is 6.92 Å². The number of benzene rings is 2. The van der Waals surface area contributed by atoms with Gasteiger partial charge in [-0.25, -0.2) is 14.6 Å². The van der Waals surface area contributed by atoms with Crippen LogP contribution in [-0.4, -0.2) is 28.5 Å². The molecular weight excluding hydrogens is 436 g/mol. The summed E-state index contributed by atoms with van der Waals surface area (Å²) in [7, 11) is 1.27. The van der Waals surface area contributed by atoms with Gasteiger partial charge in [-0.1, -0.05) is 24.3 Å². The normalized spacial score (nSPS) is 10.5. The number of aromatic nitrogens is 2. The number of carbonyl (C=O) groups is 2. The van der Waals surface area contributed by atoms with Crippen molar-refractivity contribution >= 4 is 29.0 Å². The number of ether oxygens (including phenoxy) is 2. The third-order valence-electron chi connectivity index (χ3n) is 5.03. The van der Waals surface area contributed by atoms with Crippen LogP contribution in [0.4, 0.5) is 16.2 Å². The summed E-state index contributed by atoms with van der Waals surface area (Å²) >= 11 is 0. The van der Waals surface area contributed by atoms with Crippen molar-refractivity contribution < 1.29 is 19.1 Å². The lowest BCUT2D eigenvalue weighted by molar-refractivity contribution is 0.0602. The quantitative estimate of drug-likeness (QED) is 0.422. The second-order valence-corrected chi connectivity index (χ2v) is 7.40. The number of nitrogens with zero attached hydrogens (tertiary/aromatic N) is 2. The Hall–Kier alpha value is -4.66. The van der Waals surface area contributed by atoms with Crippen LogP contribution in [0.5, 0.6) is 5.75 Å². The van der Waals surface area contributed by atoms with Gasteiger partial charge in [0, 0.05) is 24.0 Å². The van der Waals surface area contributed by atoms with Gasteiger partial charge in [0.25, 0.3) is 5.56 Å². The minimum atomic E-state index is -0.552. The lowest BCUT2D eigenvalue weighted by atomic mass is 10.2. The van der Waals surface area contributed by atoms with Crippen LogP contribution in [0.1, 0.15) is 21.6 Å². The van der Waals surface area contributed by atoms with Crippen molar-refractivity contribution in [3.63, 3.8) is 0 Å². The first-order valence-electron chi connectivity index (χ1n) is 10.4. The zero-order valence-electron chi connectivity index (χ0n) is 18.6. The molecule has 0 aliphatic heterocycles. The van der Waals surface area contributed by atoms with Gasteiger partial charge in [0.1, 0.15) is 18.0 Å². The minimum Gasteiger partial charge on any atom is -0.487 e. The van der Waals surface area contributed by atoms with Gasteiger partial charge in [-0.05, 0) is 42.8 Å². The van der Waals surface area contributed by atoms with E-state index < -0.39 is 12.0 Å². The number of hydrogen-bond donors (Lipinski definition) is 2. The monoisotopic (exact) mass is 458 g/mol. The molecule has 0 bridgehead atoms. The number of hydrogen-bond acceptors (Lipinski definition) is 6. The van der Waals surface area contributed by atoms with Gasteiger partial charge in [-0.15, -0.1) is 0 Å². The largest absolute Gasteiger partial charge is 0.487 e. The van der Waals surface area contributed by atoms with E-state index >= 15 is 0 Å². The minimum absolute atomic E-state index is 0.0869. The first-order valence-corrected chi connectivity index (χ1v) is 10.4. The van der Waals surface area contributed by atoms with E-state index in [4.69, 9.17) is 9.47 Å². The summed E-state index contributed by atoms with van der Waals surface area (Å²) in [6.45, 7) is 1.96. The number of para-hydroxylation sites is 1. The summed E-state index contributed by atoms with van der Waals surface area (Å²) in [5.74, 6) is -0.0216. The standard InChI is InChI=1S/C25H22N4O5/c1-16-10-11-17(27-25(32)28-20-8-4-3-7-19(20)24(31)33-2)13-21(16)34-15-18-14-23(30)29-12-6-5-9-22(29)26-18/h3-14H,15H2,1-2H3,(H2,27,28,32). The topological polar surface area (TPSA) is 111 Å². The summed E-state index contributed by atoms with van der Waals surface area (Å²) in [4.78, 5) is 41.1. The Bertz CT molecular complexity index is 1430. The Morgan fingerprint density at radius 2 is 1.79 bits per heavy atom. The SMILES string of the molecule is COC(=O)c1ccccc1NC(=O)Nc1ccc(C)c(OCc2cc(=O)n3ccccc3n2)c1. The van der Waals surface area contributed by atoms with Gasteiger partial charge in [0.15, 0.2) is 0 Å². The highest BCUT2D eigenvalue weighted by molar-refractivity contribution is 6.05. The number of esters is 1. The zero-order valence-corrected chi connectivity index (χ0v) is 18.6. The van der Waals surface area contributed by atoms with Gasteiger partial charge < -0.3 is 20.1 Å². The van der Waals surface area contributed by atoms with Crippen LogP contribution < -0.4 is 20.9 Å². The average molecular weight is 458 g/mol. The van der Waals surface area contributed by atoms with E-state index in [0.29, 0.717) is 28.5 Å². The number of nitrogens with one attached hydrogen (secondary N) is 2. The molecule has 0 saturated carbocycles. The number of urea groups is 1. The van der Waals surface area contributed by atoms with Gasteiger partial charge >= 0.3 is 12.0 Å². The first-order chi connectivity index (χ1) is 16.4. The second kappa shape index (κ2) is 9.86. The van der Waals surface area contributed by atoms with Crippen molar-refractivity contribution in [3.05, 3.63) is 100 Å². The first kappa shape index (κ1) is 22.5. The van der Waals surface area contributed by atoms with Crippen LogP contribution in [0.25, 0.3) is 5.65 Å². The van der Waals surface area contributed by atoms with Crippen molar-refractivity contribution in [2.24, 2.45) is 0 Å². The summed E-state index contributed by atoms with van der Waals surface area (Å²) in [5.41, 5.74) is 2.73. The Balaban J connectivity index is 1.46. The molecule has 34 heavy (non-hydrogen) atoms. The van der Waals surface area contributed by atoms with E-state index in [0.717, 1.165) is 5.56 Å². The molecule has 0 unspecified atom stereocenters. The van der Waals surface area contributed by atoms with E-state index in [-0.39, 0.29) is 17.7 Å². The summed E-state index contributed by atoms with van der Waals surface area (Å²) < 4.78 is 12.1. The van der Waals surface area contributed by atoms with Crippen LogP contribution in [0.15, 0.2) is 77.7 Å². The second-order valence-electron chi connectivity index (χ2n) is 7.40. The highest BCUT2D eigenvalue weighted by atomic mass is 16.5. The Morgan fingerprint density at radius 3 is 2.62 bits per heavy atom. The highest BCUT2D eigenvalue weighted by Gasteiger charge is 2.14. The highest BCUT2D eigenvalue weighted by Crippen LogP contribution is 2.24. The predicted octanol–water partition coefficient (Wildman–Crippen LogP) is 4.01. The molecule has 0 fully saturated rings. The van der Waals surface area contributed by atoms with Crippen molar-refractivity contribution in [1.29, 1.82) is 0 Å². The molecule has 2 aromatic heterocycles. The molecule has 0 aliphatic carbocycles. The Morgan fingerprint density at radius 1 is 1.00 bits per heavy atom. The number of rotatable bonds is 6. The van der Waals surface area contributed by atoms with Gasteiger partial charge in [0.05, 0.1) is 24.1 Å². The third kappa shape index (κ3) is 5.04. The fourth-order valence-electron chi connectivity index (χ4n) is 3.33. The number of anilines is 2. The number of pyridine rings is 1. The van der Waals surface area contributed by atoms with Crippen LogP contribution >= 0.6 is 0 Å². The number of fused-ring (bicyclic) bond motifs is 1. The zero-order chi connectivity index (χ0) is 24.1. The molecule has 2 amide bonds. The van der Waals surface area contributed by atoms with Crippen LogP contribution in [-0.2, 0) is 11.3 Å². The maximum absolute atomic E-state index is 12.5. The maximum Gasteiger partial charge on any atom is 0.339 e. The lowest BCUT2D eigenvalue weighted by Crippen LogP contribution is -2.21. The van der Waals surface area contributed by atoms with Gasteiger partial charge in [-0.3, -0.25) is 9.20 Å². The maximum atomic E-state index is 12.5. The molecule has 0 saturated heterocycles. The fraction of sp³-hybridized carbons (Fsp3) is 0.120. The smallest absolute Gasteiger partial charge is 0.339 e. The molecule has 0 aliphatic rings. The molecule has 2 N–H and O–H groups in total.